The highest BCUT2D eigenvalue weighted by atomic mass is 16.5. The Kier molecular flexibility index (Phi) is 6.96. The molecule has 0 saturated heterocycles. The molecule has 0 radical (unpaired) electrons. The van der Waals surface area contributed by atoms with Crippen molar-refractivity contribution in [2.75, 3.05) is 0 Å². The van der Waals surface area contributed by atoms with Crippen LogP contribution in [0.4, 0.5) is 0 Å². The topological polar surface area (TPSA) is 201 Å². The summed E-state index contributed by atoms with van der Waals surface area (Å²) in [5, 5.41) is 96.4. The summed E-state index contributed by atoms with van der Waals surface area (Å²) < 4.78 is 12.8. The van der Waals surface area contributed by atoms with Crippen molar-refractivity contribution in [2.45, 2.75) is 57.8 Å². The Hall–Kier alpha value is -5.16. The molecule has 6 unspecified atom stereocenters. The molecule has 0 aromatic heterocycles. The molecule has 6 atom stereocenters. The van der Waals surface area contributed by atoms with Crippen molar-refractivity contribution in [3.63, 3.8) is 0 Å². The first-order chi connectivity index (χ1) is 21.2. The maximum absolute atomic E-state index is 11.5. The van der Waals surface area contributed by atoms with Crippen molar-refractivity contribution in [3.8, 4) is 57.5 Å². The van der Waals surface area contributed by atoms with E-state index >= 15 is 0 Å². The molecule has 4 aromatic rings. The summed E-state index contributed by atoms with van der Waals surface area (Å²) in [5.41, 5.74) is 2.09. The van der Waals surface area contributed by atoms with Crippen molar-refractivity contribution in [3.05, 3.63) is 81.4 Å². The third-order valence-corrected chi connectivity index (χ3v) is 9.19. The molecule has 4 aromatic carbocycles. The molecule has 11 heteroatoms. The van der Waals surface area contributed by atoms with E-state index in [4.69, 9.17) is 9.47 Å². The number of phenols is 8. The Bertz CT molecular complexity index is 1830. The minimum Gasteiger partial charge on any atom is -0.507 e. The van der Waals surface area contributed by atoms with Gasteiger partial charge in [0.2, 0.25) is 0 Å². The summed E-state index contributed by atoms with van der Waals surface area (Å²) in [4.78, 5) is 0. The summed E-state index contributed by atoms with van der Waals surface area (Å²) in [6, 6.07) is 9.30. The third-order valence-electron chi connectivity index (χ3n) is 9.19. The molecular weight excluding hydrogens is 584 g/mol. The van der Waals surface area contributed by atoms with E-state index in [0.29, 0.717) is 22.3 Å². The second-order valence-corrected chi connectivity index (χ2v) is 12.0. The van der Waals surface area contributed by atoms with Gasteiger partial charge in [-0.15, -0.1) is 0 Å². The van der Waals surface area contributed by atoms with E-state index in [1.54, 1.807) is 33.8 Å². The van der Waals surface area contributed by atoms with Crippen molar-refractivity contribution in [1.82, 2.24) is 0 Å². The van der Waals surface area contributed by atoms with Gasteiger partial charge < -0.3 is 55.4 Å². The van der Waals surface area contributed by atoms with Crippen molar-refractivity contribution in [1.29, 1.82) is 0 Å². The minimum absolute atomic E-state index is 0.0428. The van der Waals surface area contributed by atoms with E-state index in [1.807, 2.05) is 0 Å². The first kappa shape index (κ1) is 29.9. The van der Waals surface area contributed by atoms with Crippen molar-refractivity contribution in [2.24, 2.45) is 5.92 Å². The molecule has 0 spiro atoms. The van der Waals surface area contributed by atoms with Gasteiger partial charge in [-0.1, -0.05) is 19.9 Å². The summed E-state index contributed by atoms with van der Waals surface area (Å²) in [6.45, 7) is 6.69. The van der Waals surface area contributed by atoms with E-state index in [9.17, 15) is 46.0 Å². The van der Waals surface area contributed by atoms with Gasteiger partial charge in [-0.25, -0.2) is 0 Å². The second-order valence-electron chi connectivity index (χ2n) is 12.0. The first-order valence-corrected chi connectivity index (χ1v) is 14.4. The van der Waals surface area contributed by atoms with Gasteiger partial charge in [0, 0.05) is 52.1 Å². The van der Waals surface area contributed by atoms with Crippen LogP contribution in [0, 0.1) is 19.8 Å². The molecule has 0 saturated carbocycles. The number of benzene rings is 4. The molecule has 6 rings (SSSR count). The first-order valence-electron chi connectivity index (χ1n) is 14.4. The van der Waals surface area contributed by atoms with Crippen LogP contribution >= 0.6 is 0 Å². The molecule has 0 amide bonds. The number of rotatable bonds is 3. The fourth-order valence-corrected chi connectivity index (χ4v) is 6.75. The zero-order valence-electron chi connectivity index (χ0n) is 24.8. The van der Waals surface area contributed by atoms with Crippen molar-refractivity contribution >= 4 is 0 Å². The van der Waals surface area contributed by atoms with Gasteiger partial charge >= 0.3 is 0 Å². The molecule has 9 N–H and O–H groups in total. The number of phenolic OH excluding ortho intramolecular Hbond substituents is 8. The number of aliphatic hydroxyl groups excluding tert-OH is 1. The van der Waals surface area contributed by atoms with Gasteiger partial charge in [0.25, 0.3) is 0 Å². The zero-order chi connectivity index (χ0) is 32.6. The van der Waals surface area contributed by atoms with E-state index in [1.165, 1.54) is 30.3 Å². The number of aliphatic hydroxyl groups is 1. The van der Waals surface area contributed by atoms with Crippen LogP contribution in [0.3, 0.4) is 0 Å². The van der Waals surface area contributed by atoms with Crippen LogP contribution in [-0.4, -0.2) is 52.1 Å². The number of ether oxygens (including phenoxy) is 2. The van der Waals surface area contributed by atoms with E-state index in [-0.39, 0.29) is 68.4 Å². The van der Waals surface area contributed by atoms with Crippen LogP contribution in [0.1, 0.15) is 76.8 Å². The average molecular weight is 619 g/mol. The standard InChI is InChI=1S/C34H34O11/c1-12-7-17(9-24(41)29(12)42)31-15(4)26(27-22(39)10-19(36)13(2)32(27)44-31)28-23(40)11-21(38)25-14(3)30(43)33(45-34(25)28)16-5-6-18(35)20(37)8-16/h5-11,14-15,26,30-31,33,35-43H,1-4H3. The van der Waals surface area contributed by atoms with Crippen LogP contribution in [0.2, 0.25) is 0 Å². The second kappa shape index (κ2) is 10.5. The molecule has 0 aliphatic carbocycles. The summed E-state index contributed by atoms with van der Waals surface area (Å²) in [6.07, 6.45) is -3.16. The Morgan fingerprint density at radius 3 is 1.78 bits per heavy atom. The molecule has 0 fully saturated rings. The highest BCUT2D eigenvalue weighted by Gasteiger charge is 2.47. The SMILES string of the molecule is Cc1cc(C2Oc3c(C)c(O)cc(O)c3C(c3c(O)cc(O)c4c3OC(c3ccc(O)c(O)c3)C(O)C4C)C2C)cc(O)c1O. The average Bonchev–Trinajstić information content (AvgIpc) is 2.97. The van der Waals surface area contributed by atoms with Gasteiger partial charge in [0.1, 0.15) is 46.7 Å². The molecule has 236 valence electrons. The van der Waals surface area contributed by atoms with Gasteiger partial charge in [-0.05, 0) is 54.8 Å². The highest BCUT2D eigenvalue weighted by molar-refractivity contribution is 5.67. The van der Waals surface area contributed by atoms with Crippen LogP contribution in [0.25, 0.3) is 0 Å². The van der Waals surface area contributed by atoms with E-state index in [2.05, 4.69) is 0 Å². The lowest BCUT2D eigenvalue weighted by Crippen LogP contribution is -2.35. The predicted molar refractivity (Wildman–Crippen MR) is 161 cm³/mol. The molecule has 0 bridgehead atoms. The van der Waals surface area contributed by atoms with Gasteiger partial charge in [0.05, 0.1) is 0 Å². The lowest BCUT2D eigenvalue weighted by molar-refractivity contribution is 0.00110. The van der Waals surface area contributed by atoms with Gasteiger partial charge in [0.15, 0.2) is 29.1 Å². The van der Waals surface area contributed by atoms with Crippen molar-refractivity contribution < 1.29 is 55.4 Å². The monoisotopic (exact) mass is 618 g/mol. The Morgan fingerprint density at radius 2 is 1.13 bits per heavy atom. The number of aryl methyl sites for hydroxylation is 1. The lowest BCUT2D eigenvalue weighted by atomic mass is 9.72. The van der Waals surface area contributed by atoms with Crippen LogP contribution in [-0.2, 0) is 0 Å². The quantitative estimate of drug-likeness (QED) is 0.132. The Balaban J connectivity index is 1.61. The fraction of sp³-hybridized carbons (Fsp3) is 0.294. The molecule has 2 heterocycles. The zero-order valence-corrected chi connectivity index (χ0v) is 24.8. The number of hydrogen-bond acceptors (Lipinski definition) is 11. The smallest absolute Gasteiger partial charge is 0.160 e. The molecule has 11 nitrogen and oxygen atoms in total. The Morgan fingerprint density at radius 1 is 0.556 bits per heavy atom. The maximum atomic E-state index is 11.5. The summed E-state index contributed by atoms with van der Waals surface area (Å²) in [5.74, 6) is -4.79. The van der Waals surface area contributed by atoms with Crippen LogP contribution in [0.15, 0.2) is 42.5 Å². The van der Waals surface area contributed by atoms with Crippen LogP contribution < -0.4 is 9.47 Å². The number of aromatic hydroxyl groups is 8. The lowest BCUT2D eigenvalue weighted by Gasteiger charge is -2.42. The third kappa shape index (κ3) is 4.53. The normalized spacial score (nSPS) is 23.8. The largest absolute Gasteiger partial charge is 0.507 e. The minimum atomic E-state index is -1.22. The molecule has 2 aliphatic rings. The van der Waals surface area contributed by atoms with Gasteiger partial charge in [-0.2, -0.15) is 0 Å². The summed E-state index contributed by atoms with van der Waals surface area (Å²) in [7, 11) is 0. The molecule has 2 aliphatic heterocycles. The number of hydrogen-bond donors (Lipinski definition) is 9. The Labute approximate surface area is 258 Å². The summed E-state index contributed by atoms with van der Waals surface area (Å²) >= 11 is 0. The van der Waals surface area contributed by atoms with Crippen LogP contribution in [0.5, 0.6) is 57.5 Å². The van der Waals surface area contributed by atoms with Gasteiger partial charge in [-0.3, -0.25) is 0 Å². The van der Waals surface area contributed by atoms with E-state index < -0.39 is 41.8 Å². The predicted octanol–water partition coefficient (Wildman–Crippen LogP) is 5.45. The maximum Gasteiger partial charge on any atom is 0.160 e. The fourth-order valence-electron chi connectivity index (χ4n) is 6.75. The molecule has 45 heavy (non-hydrogen) atoms. The highest BCUT2D eigenvalue weighted by Crippen LogP contribution is 2.61. The number of fused-ring (bicyclic) bond motifs is 2. The van der Waals surface area contributed by atoms with E-state index in [0.717, 1.165) is 6.07 Å². The molecular formula is C34H34O11.